The van der Waals surface area contributed by atoms with Crippen molar-refractivity contribution in [3.05, 3.63) is 56.1 Å². The van der Waals surface area contributed by atoms with Crippen LogP contribution in [-0.4, -0.2) is 36.4 Å². The van der Waals surface area contributed by atoms with Crippen LogP contribution in [-0.2, 0) is 4.79 Å². The minimum absolute atomic E-state index is 0.140. The maximum Gasteiger partial charge on any atom is 0.341 e. The Bertz CT molecular complexity index is 856. The first kappa shape index (κ1) is 21.0. The molecule has 9 heteroatoms. The number of hydrogen-bond donors (Lipinski definition) is 2. The molecule has 0 aliphatic heterocycles. The molecule has 0 saturated carbocycles. The van der Waals surface area contributed by atoms with Crippen LogP contribution >= 0.6 is 34.2 Å². The van der Waals surface area contributed by atoms with E-state index in [9.17, 15) is 9.59 Å². The Morgan fingerprint density at radius 3 is 2.59 bits per heavy atom. The number of rotatable bonds is 8. The van der Waals surface area contributed by atoms with Crippen LogP contribution in [0.25, 0.3) is 0 Å². The van der Waals surface area contributed by atoms with Crippen molar-refractivity contribution in [1.82, 2.24) is 5.43 Å². The Hall–Kier alpha value is -2.33. The standard InChI is InChI=1S/C18H16ClIN2O5/c1-2-26-15-8-11(7-14(19)17(15)27-10-16(23)24)9-21-22-18(25)12-3-5-13(20)6-4-12/h3-9H,2,10H2,1H3,(H,22,25)(H,23,24)/b21-9-. The summed E-state index contributed by atoms with van der Waals surface area (Å²) in [5.74, 6) is -1.05. The van der Waals surface area contributed by atoms with Gasteiger partial charge in [0.05, 0.1) is 17.8 Å². The van der Waals surface area contributed by atoms with Gasteiger partial charge in [-0.15, -0.1) is 0 Å². The first-order valence-corrected chi connectivity index (χ1v) is 9.26. The maximum atomic E-state index is 12.0. The number of nitrogens with zero attached hydrogens (tertiary/aromatic N) is 1. The van der Waals surface area contributed by atoms with Gasteiger partial charge in [-0.3, -0.25) is 4.79 Å². The van der Waals surface area contributed by atoms with Crippen molar-refractivity contribution in [2.24, 2.45) is 5.10 Å². The molecule has 0 heterocycles. The van der Waals surface area contributed by atoms with Crippen molar-refractivity contribution in [2.75, 3.05) is 13.2 Å². The molecule has 1 amide bonds. The smallest absolute Gasteiger partial charge is 0.341 e. The van der Waals surface area contributed by atoms with Gasteiger partial charge in [-0.25, -0.2) is 10.2 Å². The molecule has 2 rings (SSSR count). The molecule has 0 aliphatic carbocycles. The van der Waals surface area contributed by atoms with Gasteiger partial charge in [0.2, 0.25) is 0 Å². The van der Waals surface area contributed by atoms with E-state index in [0.717, 1.165) is 3.57 Å². The highest BCUT2D eigenvalue weighted by molar-refractivity contribution is 14.1. The quantitative estimate of drug-likeness (QED) is 0.327. The fraction of sp³-hybridized carbons (Fsp3) is 0.167. The number of halogens is 2. The minimum Gasteiger partial charge on any atom is -0.490 e. The van der Waals surface area contributed by atoms with Gasteiger partial charge in [-0.2, -0.15) is 5.10 Å². The molecule has 0 unspecified atom stereocenters. The average molecular weight is 503 g/mol. The first-order valence-electron chi connectivity index (χ1n) is 7.80. The van der Waals surface area contributed by atoms with Crippen molar-refractivity contribution >= 4 is 52.3 Å². The number of carboxylic acid groups (broad SMARTS) is 1. The molecule has 0 fully saturated rings. The number of hydrogen-bond acceptors (Lipinski definition) is 5. The van der Waals surface area contributed by atoms with Crippen LogP contribution < -0.4 is 14.9 Å². The monoisotopic (exact) mass is 502 g/mol. The normalized spacial score (nSPS) is 10.6. The van der Waals surface area contributed by atoms with E-state index in [2.05, 4.69) is 33.1 Å². The highest BCUT2D eigenvalue weighted by Gasteiger charge is 2.13. The third kappa shape index (κ3) is 6.40. The third-order valence-electron chi connectivity index (χ3n) is 3.16. The van der Waals surface area contributed by atoms with Crippen LogP contribution in [0.1, 0.15) is 22.8 Å². The number of carbonyl (C=O) groups is 2. The fourth-order valence-electron chi connectivity index (χ4n) is 2.03. The van der Waals surface area contributed by atoms with E-state index in [1.54, 1.807) is 25.1 Å². The van der Waals surface area contributed by atoms with Crippen LogP contribution in [0.5, 0.6) is 11.5 Å². The second-order valence-corrected chi connectivity index (χ2v) is 6.80. The Morgan fingerprint density at radius 2 is 1.96 bits per heavy atom. The predicted octanol–water partition coefficient (Wildman–Crippen LogP) is 3.57. The molecule has 0 atom stereocenters. The molecule has 142 valence electrons. The van der Waals surface area contributed by atoms with Crippen LogP contribution in [0.4, 0.5) is 0 Å². The predicted molar refractivity (Wildman–Crippen MR) is 110 cm³/mol. The number of carbonyl (C=O) groups excluding carboxylic acids is 1. The highest BCUT2D eigenvalue weighted by atomic mass is 127. The third-order valence-corrected chi connectivity index (χ3v) is 4.16. The summed E-state index contributed by atoms with van der Waals surface area (Å²) in [5.41, 5.74) is 3.46. The summed E-state index contributed by atoms with van der Waals surface area (Å²) in [6, 6.07) is 10.2. The second kappa shape index (κ2) is 10.1. The Balaban J connectivity index is 2.12. The van der Waals surface area contributed by atoms with Gasteiger partial charge in [0.15, 0.2) is 18.1 Å². The molecule has 0 spiro atoms. The summed E-state index contributed by atoms with van der Waals surface area (Å²) in [7, 11) is 0. The molecule has 0 radical (unpaired) electrons. The second-order valence-electron chi connectivity index (χ2n) is 5.15. The van der Waals surface area contributed by atoms with E-state index in [-0.39, 0.29) is 22.4 Å². The molecule has 2 aromatic rings. The van der Waals surface area contributed by atoms with Crippen LogP contribution in [0.15, 0.2) is 41.5 Å². The molecular formula is C18H16ClIN2O5. The molecule has 2 N–H and O–H groups in total. The topological polar surface area (TPSA) is 97.2 Å². The zero-order valence-corrected chi connectivity index (χ0v) is 17.2. The molecule has 0 aromatic heterocycles. The van der Waals surface area contributed by atoms with E-state index in [1.165, 1.54) is 12.3 Å². The lowest BCUT2D eigenvalue weighted by Crippen LogP contribution is -2.17. The van der Waals surface area contributed by atoms with Gasteiger partial charge < -0.3 is 14.6 Å². The summed E-state index contributed by atoms with van der Waals surface area (Å²) >= 11 is 8.31. The molecule has 0 aliphatic rings. The molecule has 2 aromatic carbocycles. The summed E-state index contributed by atoms with van der Waals surface area (Å²) in [6.45, 7) is 1.57. The van der Waals surface area contributed by atoms with Crippen molar-refractivity contribution in [3.8, 4) is 11.5 Å². The molecule has 27 heavy (non-hydrogen) atoms. The number of ether oxygens (including phenoxy) is 2. The number of aliphatic carboxylic acids is 1. The maximum absolute atomic E-state index is 12.0. The van der Waals surface area contributed by atoms with E-state index in [4.69, 9.17) is 26.2 Å². The number of hydrazone groups is 1. The van der Waals surface area contributed by atoms with Crippen LogP contribution in [0.2, 0.25) is 5.02 Å². The number of carboxylic acids is 1. The SMILES string of the molecule is CCOc1cc(/C=N\NC(=O)c2ccc(I)cc2)cc(Cl)c1OCC(=O)O. The zero-order valence-electron chi connectivity index (χ0n) is 14.2. The highest BCUT2D eigenvalue weighted by Crippen LogP contribution is 2.36. The minimum atomic E-state index is -1.13. The summed E-state index contributed by atoms with van der Waals surface area (Å²) in [5, 5.41) is 12.8. The van der Waals surface area contributed by atoms with Gasteiger partial charge in [0.25, 0.3) is 5.91 Å². The summed E-state index contributed by atoms with van der Waals surface area (Å²) in [4.78, 5) is 22.7. The van der Waals surface area contributed by atoms with E-state index in [1.807, 2.05) is 12.1 Å². The van der Waals surface area contributed by atoms with Gasteiger partial charge in [-0.05, 0) is 71.5 Å². The first-order chi connectivity index (χ1) is 12.9. The van der Waals surface area contributed by atoms with Crippen molar-refractivity contribution < 1.29 is 24.2 Å². The van der Waals surface area contributed by atoms with Crippen LogP contribution in [0, 0.1) is 3.57 Å². The molecule has 0 saturated heterocycles. The number of amides is 1. The summed E-state index contributed by atoms with van der Waals surface area (Å²) < 4.78 is 11.6. The average Bonchev–Trinajstić information content (AvgIpc) is 2.61. The van der Waals surface area contributed by atoms with Crippen molar-refractivity contribution in [2.45, 2.75) is 6.92 Å². The number of nitrogens with one attached hydrogen (secondary N) is 1. The number of benzene rings is 2. The lowest BCUT2D eigenvalue weighted by atomic mass is 10.2. The molecule has 0 bridgehead atoms. The largest absolute Gasteiger partial charge is 0.490 e. The Kier molecular flexibility index (Phi) is 7.86. The lowest BCUT2D eigenvalue weighted by molar-refractivity contribution is -0.139. The summed E-state index contributed by atoms with van der Waals surface area (Å²) in [6.07, 6.45) is 1.40. The van der Waals surface area contributed by atoms with Crippen molar-refractivity contribution in [1.29, 1.82) is 0 Å². The van der Waals surface area contributed by atoms with Crippen molar-refractivity contribution in [3.63, 3.8) is 0 Å². The molecule has 7 nitrogen and oxygen atoms in total. The van der Waals surface area contributed by atoms with Crippen LogP contribution in [0.3, 0.4) is 0 Å². The van der Waals surface area contributed by atoms with Gasteiger partial charge in [-0.1, -0.05) is 11.6 Å². The Morgan fingerprint density at radius 1 is 1.26 bits per heavy atom. The van der Waals surface area contributed by atoms with Gasteiger partial charge in [0.1, 0.15) is 0 Å². The molecular weight excluding hydrogens is 487 g/mol. The van der Waals surface area contributed by atoms with E-state index < -0.39 is 12.6 Å². The van der Waals surface area contributed by atoms with E-state index in [0.29, 0.717) is 17.7 Å². The lowest BCUT2D eigenvalue weighted by Gasteiger charge is -2.13. The fourth-order valence-corrected chi connectivity index (χ4v) is 2.66. The van der Waals surface area contributed by atoms with Gasteiger partial charge in [0, 0.05) is 9.13 Å². The van der Waals surface area contributed by atoms with E-state index >= 15 is 0 Å². The zero-order chi connectivity index (χ0) is 19.8. The van der Waals surface area contributed by atoms with Gasteiger partial charge >= 0.3 is 5.97 Å². The Labute approximate surface area is 174 Å².